The number of benzene rings is 1. The van der Waals surface area contributed by atoms with Crippen molar-refractivity contribution in [2.24, 2.45) is 7.05 Å². The molecule has 0 spiro atoms. The number of hydrogen-bond acceptors (Lipinski definition) is 7. The second kappa shape index (κ2) is 6.58. The van der Waals surface area contributed by atoms with E-state index in [4.69, 9.17) is 4.74 Å². The van der Waals surface area contributed by atoms with Gasteiger partial charge in [-0.05, 0) is 26.0 Å². The lowest BCUT2D eigenvalue weighted by Crippen LogP contribution is -2.20. The van der Waals surface area contributed by atoms with Crippen LogP contribution in [0.15, 0.2) is 28.4 Å². The molecular formula is C18H17N5O3S. The Kier molecular flexibility index (Phi) is 4.23. The van der Waals surface area contributed by atoms with Crippen LogP contribution >= 0.6 is 11.3 Å². The SMILES string of the molecule is Cc1ccc2c(c1)c(=O)n(C)c1nnc(COC(=O)Cc3csc(C)n3)n21. The van der Waals surface area contributed by atoms with E-state index in [0.717, 1.165) is 10.6 Å². The van der Waals surface area contributed by atoms with Crippen LogP contribution in [0.4, 0.5) is 0 Å². The first-order chi connectivity index (χ1) is 12.9. The first kappa shape index (κ1) is 17.3. The van der Waals surface area contributed by atoms with Crippen molar-refractivity contribution in [1.29, 1.82) is 0 Å². The first-order valence-electron chi connectivity index (χ1n) is 8.34. The second-order valence-electron chi connectivity index (χ2n) is 6.33. The molecule has 138 valence electrons. The molecule has 0 atom stereocenters. The van der Waals surface area contributed by atoms with E-state index in [0.29, 0.717) is 28.2 Å². The maximum Gasteiger partial charge on any atom is 0.312 e. The molecule has 9 heteroatoms. The van der Waals surface area contributed by atoms with Gasteiger partial charge in [-0.3, -0.25) is 18.6 Å². The number of rotatable bonds is 4. The zero-order valence-corrected chi connectivity index (χ0v) is 15.9. The average molecular weight is 383 g/mol. The van der Waals surface area contributed by atoms with Gasteiger partial charge in [-0.15, -0.1) is 21.5 Å². The van der Waals surface area contributed by atoms with E-state index in [1.807, 2.05) is 37.4 Å². The number of ether oxygens (including phenoxy) is 1. The third kappa shape index (κ3) is 3.10. The molecule has 4 aromatic rings. The normalized spacial score (nSPS) is 11.4. The molecule has 0 N–H and O–H groups in total. The number of fused-ring (bicyclic) bond motifs is 3. The topological polar surface area (TPSA) is 91.4 Å². The van der Waals surface area contributed by atoms with E-state index in [-0.39, 0.29) is 24.6 Å². The molecule has 0 saturated heterocycles. The molecule has 3 heterocycles. The Hall–Kier alpha value is -3.07. The lowest BCUT2D eigenvalue weighted by atomic mass is 10.1. The molecule has 0 amide bonds. The van der Waals surface area contributed by atoms with Crippen LogP contribution in [0, 0.1) is 13.8 Å². The molecule has 4 rings (SSSR count). The summed E-state index contributed by atoms with van der Waals surface area (Å²) in [7, 11) is 1.65. The fourth-order valence-electron chi connectivity index (χ4n) is 2.99. The lowest BCUT2D eigenvalue weighted by Gasteiger charge is -2.09. The molecule has 0 fully saturated rings. The number of carbonyl (C=O) groups is 1. The Morgan fingerprint density at radius 1 is 1.26 bits per heavy atom. The first-order valence-corrected chi connectivity index (χ1v) is 9.22. The Morgan fingerprint density at radius 2 is 2.07 bits per heavy atom. The highest BCUT2D eigenvalue weighted by Gasteiger charge is 2.16. The zero-order chi connectivity index (χ0) is 19.1. The van der Waals surface area contributed by atoms with Crippen molar-refractivity contribution in [2.75, 3.05) is 0 Å². The van der Waals surface area contributed by atoms with Gasteiger partial charge in [-0.2, -0.15) is 0 Å². The number of carbonyl (C=O) groups excluding carboxylic acids is 1. The van der Waals surface area contributed by atoms with E-state index in [9.17, 15) is 9.59 Å². The highest BCUT2D eigenvalue weighted by Crippen LogP contribution is 2.16. The largest absolute Gasteiger partial charge is 0.457 e. The quantitative estimate of drug-likeness (QED) is 0.500. The summed E-state index contributed by atoms with van der Waals surface area (Å²) < 4.78 is 8.55. The van der Waals surface area contributed by atoms with Gasteiger partial charge in [0.25, 0.3) is 5.56 Å². The Bertz CT molecular complexity index is 1240. The fraction of sp³-hybridized carbons (Fsp3) is 0.278. The molecule has 0 saturated carbocycles. The summed E-state index contributed by atoms with van der Waals surface area (Å²) in [5.74, 6) is 0.469. The predicted molar refractivity (Wildman–Crippen MR) is 101 cm³/mol. The van der Waals surface area contributed by atoms with E-state index in [1.54, 1.807) is 11.4 Å². The zero-order valence-electron chi connectivity index (χ0n) is 15.1. The van der Waals surface area contributed by atoms with E-state index in [2.05, 4.69) is 15.2 Å². The minimum absolute atomic E-state index is 0.0374. The summed E-state index contributed by atoms with van der Waals surface area (Å²) in [4.78, 5) is 28.9. The monoisotopic (exact) mass is 383 g/mol. The number of esters is 1. The number of thiazole rings is 1. The standard InChI is InChI=1S/C18H17N5O3S/c1-10-4-5-14-13(6-10)17(25)22(3)18-21-20-15(23(14)18)8-26-16(24)7-12-9-27-11(2)19-12/h4-6,9H,7-8H2,1-3H3. The van der Waals surface area contributed by atoms with Gasteiger partial charge in [0.15, 0.2) is 12.4 Å². The summed E-state index contributed by atoms with van der Waals surface area (Å²) in [5, 5.41) is 11.5. The number of hydrogen-bond donors (Lipinski definition) is 0. The minimum Gasteiger partial charge on any atom is -0.457 e. The second-order valence-corrected chi connectivity index (χ2v) is 7.39. The maximum absolute atomic E-state index is 12.6. The van der Waals surface area contributed by atoms with Crippen molar-refractivity contribution in [3.05, 3.63) is 56.0 Å². The van der Waals surface area contributed by atoms with Crippen LogP contribution in [0.5, 0.6) is 0 Å². The van der Waals surface area contributed by atoms with E-state index < -0.39 is 0 Å². The van der Waals surface area contributed by atoms with Gasteiger partial charge in [0.2, 0.25) is 5.78 Å². The van der Waals surface area contributed by atoms with Gasteiger partial charge in [0, 0.05) is 12.4 Å². The van der Waals surface area contributed by atoms with Crippen LogP contribution in [0.25, 0.3) is 16.7 Å². The number of aromatic nitrogens is 5. The van der Waals surface area contributed by atoms with Crippen LogP contribution in [0.3, 0.4) is 0 Å². The van der Waals surface area contributed by atoms with Gasteiger partial charge in [0.05, 0.1) is 28.0 Å². The summed E-state index contributed by atoms with van der Waals surface area (Å²) in [6.07, 6.45) is 0.111. The van der Waals surface area contributed by atoms with Gasteiger partial charge in [0.1, 0.15) is 0 Å². The Labute approximate surface area is 158 Å². The smallest absolute Gasteiger partial charge is 0.312 e. The van der Waals surface area contributed by atoms with Crippen molar-refractivity contribution in [1.82, 2.24) is 24.1 Å². The number of aryl methyl sites for hydroxylation is 3. The molecule has 0 aliphatic heterocycles. The third-order valence-electron chi connectivity index (χ3n) is 4.30. The molecule has 0 aliphatic carbocycles. The van der Waals surface area contributed by atoms with Gasteiger partial charge < -0.3 is 4.74 Å². The molecule has 1 aromatic carbocycles. The summed E-state index contributed by atoms with van der Waals surface area (Å²) in [6.45, 7) is 3.78. The van der Waals surface area contributed by atoms with Gasteiger partial charge >= 0.3 is 5.97 Å². The molecule has 0 aliphatic rings. The van der Waals surface area contributed by atoms with Crippen LogP contribution in [0.1, 0.15) is 22.1 Å². The summed E-state index contributed by atoms with van der Waals surface area (Å²) >= 11 is 1.49. The molecule has 27 heavy (non-hydrogen) atoms. The summed E-state index contributed by atoms with van der Waals surface area (Å²) in [5.41, 5.74) is 2.22. The minimum atomic E-state index is -0.387. The molecule has 0 radical (unpaired) electrons. The van der Waals surface area contributed by atoms with Crippen molar-refractivity contribution in [2.45, 2.75) is 26.9 Å². The predicted octanol–water partition coefficient (Wildman–Crippen LogP) is 1.94. The molecule has 0 bridgehead atoms. The molecule has 0 unspecified atom stereocenters. The molecule has 8 nitrogen and oxygen atoms in total. The van der Waals surface area contributed by atoms with Crippen LogP contribution in [-0.4, -0.2) is 30.1 Å². The van der Waals surface area contributed by atoms with Crippen molar-refractivity contribution in [3.8, 4) is 0 Å². The van der Waals surface area contributed by atoms with Crippen molar-refractivity contribution >= 4 is 34.0 Å². The van der Waals surface area contributed by atoms with Crippen molar-refractivity contribution in [3.63, 3.8) is 0 Å². The van der Waals surface area contributed by atoms with E-state index >= 15 is 0 Å². The van der Waals surface area contributed by atoms with Gasteiger partial charge in [-0.25, -0.2) is 4.98 Å². The van der Waals surface area contributed by atoms with E-state index in [1.165, 1.54) is 15.9 Å². The van der Waals surface area contributed by atoms with Crippen LogP contribution < -0.4 is 5.56 Å². The van der Waals surface area contributed by atoms with Crippen molar-refractivity contribution < 1.29 is 9.53 Å². The lowest BCUT2D eigenvalue weighted by molar-refractivity contribution is -0.144. The Balaban J connectivity index is 1.67. The average Bonchev–Trinajstić information content (AvgIpc) is 3.24. The maximum atomic E-state index is 12.6. The highest BCUT2D eigenvalue weighted by molar-refractivity contribution is 7.09. The number of nitrogens with zero attached hydrogens (tertiary/aromatic N) is 5. The fourth-order valence-corrected chi connectivity index (χ4v) is 3.60. The summed E-state index contributed by atoms with van der Waals surface area (Å²) in [6, 6.07) is 5.60. The van der Waals surface area contributed by atoms with Crippen LogP contribution in [-0.2, 0) is 29.6 Å². The third-order valence-corrected chi connectivity index (χ3v) is 5.12. The molecule has 3 aromatic heterocycles. The van der Waals surface area contributed by atoms with Gasteiger partial charge in [-0.1, -0.05) is 11.6 Å². The Morgan fingerprint density at radius 3 is 2.81 bits per heavy atom. The highest BCUT2D eigenvalue weighted by atomic mass is 32.1. The molecular weight excluding hydrogens is 366 g/mol. The van der Waals surface area contributed by atoms with Crippen LogP contribution in [0.2, 0.25) is 0 Å².